The Labute approximate surface area is 201 Å². The zero-order valence-corrected chi connectivity index (χ0v) is 19.2. The topological polar surface area (TPSA) is 78.7 Å². The van der Waals surface area contributed by atoms with E-state index in [0.717, 1.165) is 22.9 Å². The predicted molar refractivity (Wildman–Crippen MR) is 133 cm³/mol. The van der Waals surface area contributed by atoms with Gasteiger partial charge in [-0.3, -0.25) is 4.79 Å². The number of hydrogen-bond donors (Lipinski definition) is 1. The molecule has 0 aliphatic carbocycles. The van der Waals surface area contributed by atoms with Gasteiger partial charge in [0.05, 0.1) is 12.2 Å². The van der Waals surface area contributed by atoms with E-state index < -0.39 is 5.63 Å². The molecule has 1 saturated heterocycles. The monoisotopic (exact) mass is 482 g/mol. The summed E-state index contributed by atoms with van der Waals surface area (Å²) in [4.78, 5) is 32.7. The van der Waals surface area contributed by atoms with Crippen molar-refractivity contribution in [2.24, 2.45) is 0 Å². The Hall–Kier alpha value is -3.65. The Morgan fingerprint density at radius 2 is 1.88 bits per heavy atom. The molecule has 0 unspecified atom stereocenters. The molecule has 7 nitrogen and oxygen atoms in total. The highest BCUT2D eigenvalue weighted by Crippen LogP contribution is 2.26. The molecular weight excluding hydrogens is 459 g/mol. The van der Waals surface area contributed by atoms with E-state index in [1.165, 1.54) is 18.2 Å². The molecule has 3 heterocycles. The number of carbonyl (C=O) groups excluding carboxylic acids is 1. The average molecular weight is 483 g/mol. The van der Waals surface area contributed by atoms with Gasteiger partial charge in [-0.1, -0.05) is 18.2 Å². The number of rotatable bonds is 6. The Morgan fingerprint density at radius 1 is 1.03 bits per heavy atom. The standard InChI is InChI=1S/C25H23FN4O3.ClH/c26-18-7-6-17-8-10-28-25(20(17)14-18)30-13-12-29(23(31)16-30)11-3-9-27-21-15-24(32)33-22-5-2-1-4-19(21)22;/h1-2,4-8,10,14-15,27H,3,9,11-13,16H2;1H. The Bertz CT molecular complexity index is 1390. The second-order valence-electron chi connectivity index (χ2n) is 8.06. The third-order valence-corrected chi connectivity index (χ3v) is 5.90. The summed E-state index contributed by atoms with van der Waals surface area (Å²) in [5, 5.41) is 5.74. The van der Waals surface area contributed by atoms with Crippen LogP contribution < -0.4 is 15.8 Å². The lowest BCUT2D eigenvalue weighted by Crippen LogP contribution is -2.51. The van der Waals surface area contributed by atoms with Gasteiger partial charge in [-0.25, -0.2) is 14.2 Å². The third kappa shape index (κ3) is 4.82. The van der Waals surface area contributed by atoms with Gasteiger partial charge in [0.2, 0.25) is 5.91 Å². The SMILES string of the molecule is Cl.O=C1CN(c2nccc3ccc(F)cc23)CCN1CCCNc1cc(=O)oc2ccccc12. The number of piperazine rings is 1. The highest BCUT2D eigenvalue weighted by molar-refractivity contribution is 5.94. The molecule has 2 aromatic carbocycles. The minimum absolute atomic E-state index is 0. The molecule has 0 spiro atoms. The van der Waals surface area contributed by atoms with E-state index in [1.54, 1.807) is 18.3 Å². The maximum atomic E-state index is 13.8. The number of nitrogens with one attached hydrogen (secondary N) is 1. The van der Waals surface area contributed by atoms with Crippen molar-refractivity contribution in [1.29, 1.82) is 0 Å². The highest BCUT2D eigenvalue weighted by Gasteiger charge is 2.25. The first-order chi connectivity index (χ1) is 16.1. The number of fused-ring (bicyclic) bond motifs is 2. The molecule has 1 aliphatic rings. The van der Waals surface area contributed by atoms with Crippen molar-refractivity contribution in [1.82, 2.24) is 9.88 Å². The number of halogens is 2. The van der Waals surface area contributed by atoms with Crippen LogP contribution in [0.15, 0.2) is 70.0 Å². The van der Waals surface area contributed by atoms with Crippen LogP contribution in [0, 0.1) is 5.82 Å². The Kier molecular flexibility index (Phi) is 6.98. The Morgan fingerprint density at radius 3 is 2.74 bits per heavy atom. The lowest BCUT2D eigenvalue weighted by molar-refractivity contribution is -0.131. The zero-order valence-electron chi connectivity index (χ0n) is 18.4. The molecule has 0 bridgehead atoms. The Balaban J connectivity index is 0.00000274. The smallest absolute Gasteiger partial charge is 0.338 e. The number of hydrogen-bond acceptors (Lipinski definition) is 6. The molecule has 1 amide bonds. The summed E-state index contributed by atoms with van der Waals surface area (Å²) in [5.74, 6) is 0.330. The highest BCUT2D eigenvalue weighted by atomic mass is 35.5. The van der Waals surface area contributed by atoms with Crippen LogP contribution in [0.25, 0.3) is 21.7 Å². The van der Waals surface area contributed by atoms with E-state index in [2.05, 4.69) is 10.3 Å². The minimum Gasteiger partial charge on any atom is -0.423 e. The van der Waals surface area contributed by atoms with Crippen LogP contribution in [0.5, 0.6) is 0 Å². The number of para-hydroxylation sites is 1. The predicted octanol–water partition coefficient (Wildman–Crippen LogP) is 4.05. The molecule has 0 atom stereocenters. The molecule has 0 saturated carbocycles. The zero-order chi connectivity index (χ0) is 22.8. The second kappa shape index (κ2) is 10.1. The normalized spacial score (nSPS) is 13.9. The van der Waals surface area contributed by atoms with Crippen LogP contribution in [0.3, 0.4) is 0 Å². The van der Waals surface area contributed by atoms with Crippen molar-refractivity contribution in [3.63, 3.8) is 0 Å². The van der Waals surface area contributed by atoms with Crippen molar-refractivity contribution < 1.29 is 13.6 Å². The quantitative estimate of drug-likeness (QED) is 0.330. The summed E-state index contributed by atoms with van der Waals surface area (Å²) < 4.78 is 19.0. The van der Waals surface area contributed by atoms with Crippen molar-refractivity contribution in [2.45, 2.75) is 6.42 Å². The largest absolute Gasteiger partial charge is 0.423 e. The summed E-state index contributed by atoms with van der Waals surface area (Å²) in [6.45, 7) is 2.64. The van der Waals surface area contributed by atoms with Crippen molar-refractivity contribution in [3.05, 3.63) is 77.0 Å². The van der Waals surface area contributed by atoms with E-state index in [0.29, 0.717) is 43.0 Å². The lowest BCUT2D eigenvalue weighted by atomic mass is 10.1. The van der Waals surface area contributed by atoms with E-state index in [9.17, 15) is 14.0 Å². The molecule has 176 valence electrons. The summed E-state index contributed by atoms with van der Waals surface area (Å²) in [6.07, 6.45) is 2.42. The van der Waals surface area contributed by atoms with Crippen molar-refractivity contribution in [2.75, 3.05) is 42.9 Å². The van der Waals surface area contributed by atoms with Gasteiger partial charge in [0.15, 0.2) is 0 Å². The molecule has 5 rings (SSSR count). The van der Waals surface area contributed by atoms with Gasteiger partial charge in [0.25, 0.3) is 0 Å². The van der Waals surface area contributed by atoms with Crippen LogP contribution in [0.4, 0.5) is 15.9 Å². The first-order valence-corrected chi connectivity index (χ1v) is 10.9. The van der Waals surface area contributed by atoms with E-state index >= 15 is 0 Å². The summed E-state index contributed by atoms with van der Waals surface area (Å²) in [6, 6.07) is 15.3. The number of aromatic nitrogens is 1. The number of anilines is 2. The van der Waals surface area contributed by atoms with Gasteiger partial charge < -0.3 is 19.5 Å². The van der Waals surface area contributed by atoms with Crippen LogP contribution >= 0.6 is 12.4 Å². The molecule has 2 aromatic heterocycles. The fourth-order valence-corrected chi connectivity index (χ4v) is 4.25. The molecule has 1 N–H and O–H groups in total. The van der Waals surface area contributed by atoms with E-state index in [-0.39, 0.29) is 30.7 Å². The molecule has 0 radical (unpaired) electrons. The van der Waals surface area contributed by atoms with Gasteiger partial charge in [-0.2, -0.15) is 0 Å². The van der Waals surface area contributed by atoms with Gasteiger partial charge in [-0.15, -0.1) is 12.4 Å². The number of pyridine rings is 1. The lowest BCUT2D eigenvalue weighted by Gasteiger charge is -2.35. The van der Waals surface area contributed by atoms with Crippen LogP contribution in [0.1, 0.15) is 6.42 Å². The van der Waals surface area contributed by atoms with Crippen molar-refractivity contribution in [3.8, 4) is 0 Å². The van der Waals surface area contributed by atoms with Gasteiger partial charge in [-0.05, 0) is 42.1 Å². The fourth-order valence-electron chi connectivity index (χ4n) is 4.25. The van der Waals surface area contributed by atoms with Gasteiger partial charge in [0, 0.05) is 49.2 Å². The number of amides is 1. The molecule has 1 aliphatic heterocycles. The molecule has 4 aromatic rings. The molecule has 34 heavy (non-hydrogen) atoms. The first kappa shape index (κ1) is 23.5. The number of benzene rings is 2. The number of carbonyl (C=O) groups is 1. The van der Waals surface area contributed by atoms with E-state index in [4.69, 9.17) is 4.42 Å². The third-order valence-electron chi connectivity index (χ3n) is 5.90. The second-order valence-corrected chi connectivity index (χ2v) is 8.06. The van der Waals surface area contributed by atoms with Crippen LogP contribution in [-0.2, 0) is 4.79 Å². The molecular formula is C25H24ClFN4O3. The van der Waals surface area contributed by atoms with Crippen molar-refractivity contribution >= 4 is 51.6 Å². The number of nitrogens with zero attached hydrogens (tertiary/aromatic N) is 3. The van der Waals surface area contributed by atoms with Crippen LogP contribution in [0.2, 0.25) is 0 Å². The van der Waals surface area contributed by atoms with Gasteiger partial charge >= 0.3 is 5.63 Å². The molecule has 9 heteroatoms. The fraction of sp³-hybridized carbons (Fsp3) is 0.240. The molecule has 1 fully saturated rings. The maximum absolute atomic E-state index is 13.8. The minimum atomic E-state index is -0.399. The van der Waals surface area contributed by atoms with Crippen LogP contribution in [-0.4, -0.2) is 48.5 Å². The van der Waals surface area contributed by atoms with E-state index in [1.807, 2.05) is 34.1 Å². The summed E-state index contributed by atoms with van der Waals surface area (Å²) in [7, 11) is 0. The summed E-state index contributed by atoms with van der Waals surface area (Å²) in [5.41, 5.74) is 0.873. The maximum Gasteiger partial charge on any atom is 0.338 e. The first-order valence-electron chi connectivity index (χ1n) is 10.9. The average Bonchev–Trinajstić information content (AvgIpc) is 2.82. The van der Waals surface area contributed by atoms with Gasteiger partial charge in [0.1, 0.15) is 17.2 Å². The summed E-state index contributed by atoms with van der Waals surface area (Å²) >= 11 is 0.